The van der Waals surface area contributed by atoms with Gasteiger partial charge in [0.1, 0.15) is 12.9 Å². The molecule has 0 radical (unpaired) electrons. The maximum Gasteiger partial charge on any atom is 0.191 e. The summed E-state index contributed by atoms with van der Waals surface area (Å²) in [4.78, 5) is 4.58. The van der Waals surface area contributed by atoms with Crippen LogP contribution in [0.3, 0.4) is 0 Å². The van der Waals surface area contributed by atoms with Crippen LogP contribution in [-0.2, 0) is 17.8 Å². The minimum atomic E-state index is 0.487. The molecule has 2 rings (SSSR count). The number of aliphatic imine (C=N–C) groups is 1. The summed E-state index contributed by atoms with van der Waals surface area (Å²) in [6.45, 7) is 8.05. The highest BCUT2D eigenvalue weighted by atomic mass is 16.5. The van der Waals surface area contributed by atoms with Gasteiger partial charge in [0, 0.05) is 26.2 Å². The first-order valence-corrected chi connectivity index (χ1v) is 9.34. The summed E-state index contributed by atoms with van der Waals surface area (Å²) in [7, 11) is 0. The van der Waals surface area contributed by atoms with Gasteiger partial charge < -0.3 is 19.9 Å². The summed E-state index contributed by atoms with van der Waals surface area (Å²) < 4.78 is 7.96. The van der Waals surface area contributed by atoms with Gasteiger partial charge >= 0.3 is 0 Å². The van der Waals surface area contributed by atoms with Crippen LogP contribution in [0.4, 0.5) is 0 Å². The van der Waals surface area contributed by atoms with Gasteiger partial charge in [-0.2, -0.15) is 0 Å². The molecule has 0 saturated heterocycles. The van der Waals surface area contributed by atoms with Crippen molar-refractivity contribution in [1.29, 1.82) is 0 Å². The zero-order valence-corrected chi connectivity index (χ0v) is 15.1. The Balaban J connectivity index is 1.67. The van der Waals surface area contributed by atoms with Crippen LogP contribution in [-0.4, -0.2) is 46.5 Å². The molecule has 1 saturated carbocycles. The minimum Gasteiger partial charge on any atom is -0.378 e. The quantitative estimate of drug-likeness (QED) is 0.410. The molecule has 1 aromatic rings. The fourth-order valence-electron chi connectivity index (χ4n) is 2.92. The highest BCUT2D eigenvalue weighted by molar-refractivity contribution is 5.79. The lowest BCUT2D eigenvalue weighted by Gasteiger charge is -2.22. The van der Waals surface area contributed by atoms with Crippen molar-refractivity contribution in [3.63, 3.8) is 0 Å². The second kappa shape index (κ2) is 11.0. The van der Waals surface area contributed by atoms with Gasteiger partial charge in [0.05, 0.1) is 6.10 Å². The third-order valence-electron chi connectivity index (χ3n) is 4.28. The van der Waals surface area contributed by atoms with Gasteiger partial charge in [-0.05, 0) is 33.1 Å². The Hall–Kier alpha value is -1.63. The van der Waals surface area contributed by atoms with Gasteiger partial charge in [-0.25, -0.2) is 4.99 Å². The predicted octanol–water partition coefficient (Wildman–Crippen LogP) is 2.09. The van der Waals surface area contributed by atoms with Crippen molar-refractivity contribution >= 4 is 5.96 Å². The van der Waals surface area contributed by atoms with Gasteiger partial charge in [0.25, 0.3) is 0 Å². The number of guanidine groups is 1. The second-order valence-electron chi connectivity index (χ2n) is 6.14. The summed E-state index contributed by atoms with van der Waals surface area (Å²) in [6, 6.07) is 0. The molecule has 0 amide bonds. The molecule has 0 atom stereocenters. The lowest BCUT2D eigenvalue weighted by Crippen LogP contribution is -2.38. The van der Waals surface area contributed by atoms with Crippen LogP contribution in [0.15, 0.2) is 11.3 Å². The Kier molecular flexibility index (Phi) is 8.59. The Morgan fingerprint density at radius 1 is 1.29 bits per heavy atom. The van der Waals surface area contributed by atoms with Gasteiger partial charge in [-0.15, -0.1) is 10.2 Å². The maximum atomic E-state index is 5.95. The van der Waals surface area contributed by atoms with Crippen LogP contribution in [0.25, 0.3) is 0 Å². The molecule has 1 heterocycles. The monoisotopic (exact) mass is 336 g/mol. The van der Waals surface area contributed by atoms with E-state index in [2.05, 4.69) is 39.7 Å². The van der Waals surface area contributed by atoms with Crippen molar-refractivity contribution in [3.8, 4) is 0 Å². The van der Waals surface area contributed by atoms with Crippen LogP contribution in [0.5, 0.6) is 0 Å². The SMILES string of the molecule is CCNC(=NCc1nncn1CC)NCCCOC1CCCCC1. The molecule has 1 aliphatic carbocycles. The first-order valence-electron chi connectivity index (χ1n) is 9.34. The van der Waals surface area contributed by atoms with E-state index in [4.69, 9.17) is 4.74 Å². The highest BCUT2D eigenvalue weighted by Gasteiger charge is 2.13. The number of aromatic nitrogens is 3. The van der Waals surface area contributed by atoms with Gasteiger partial charge in [-0.1, -0.05) is 19.3 Å². The van der Waals surface area contributed by atoms with Gasteiger partial charge in [0.2, 0.25) is 0 Å². The summed E-state index contributed by atoms with van der Waals surface area (Å²) in [5, 5.41) is 14.7. The Labute approximate surface area is 145 Å². The first-order chi connectivity index (χ1) is 11.8. The standard InChI is InChI=1S/C17H32N6O/c1-3-18-17(20-13-16-22-21-14-23(16)4-2)19-11-8-12-24-15-9-6-5-7-10-15/h14-15H,3-13H2,1-2H3,(H2,18,19,20). The number of hydrogen-bond donors (Lipinski definition) is 2. The number of hydrogen-bond acceptors (Lipinski definition) is 4. The minimum absolute atomic E-state index is 0.487. The van der Waals surface area contributed by atoms with E-state index in [0.29, 0.717) is 12.6 Å². The van der Waals surface area contributed by atoms with Crippen molar-refractivity contribution in [1.82, 2.24) is 25.4 Å². The molecule has 0 aromatic carbocycles. The molecule has 0 spiro atoms. The van der Waals surface area contributed by atoms with E-state index in [1.165, 1.54) is 32.1 Å². The molecule has 1 fully saturated rings. The largest absolute Gasteiger partial charge is 0.378 e. The molecular weight excluding hydrogens is 304 g/mol. The first kappa shape index (κ1) is 18.7. The fourth-order valence-corrected chi connectivity index (χ4v) is 2.92. The van der Waals surface area contributed by atoms with Crippen molar-refractivity contribution < 1.29 is 4.74 Å². The molecule has 24 heavy (non-hydrogen) atoms. The average Bonchev–Trinajstić information content (AvgIpc) is 3.07. The zero-order chi connectivity index (χ0) is 17.0. The average molecular weight is 336 g/mol. The van der Waals surface area contributed by atoms with Crippen molar-refractivity contribution in [2.24, 2.45) is 4.99 Å². The number of nitrogens with one attached hydrogen (secondary N) is 2. The number of nitrogens with zero attached hydrogens (tertiary/aromatic N) is 4. The molecule has 0 unspecified atom stereocenters. The van der Waals surface area contributed by atoms with Crippen LogP contribution in [0, 0.1) is 0 Å². The van der Waals surface area contributed by atoms with E-state index in [0.717, 1.165) is 44.4 Å². The zero-order valence-electron chi connectivity index (χ0n) is 15.1. The summed E-state index contributed by atoms with van der Waals surface area (Å²) in [5.41, 5.74) is 0. The molecule has 1 aromatic heterocycles. The topological polar surface area (TPSA) is 76.4 Å². The van der Waals surface area contributed by atoms with E-state index in [1.807, 2.05) is 4.57 Å². The second-order valence-corrected chi connectivity index (χ2v) is 6.14. The predicted molar refractivity (Wildman–Crippen MR) is 96.0 cm³/mol. The van der Waals surface area contributed by atoms with Crippen molar-refractivity contribution in [2.45, 2.75) is 71.6 Å². The maximum absolute atomic E-state index is 5.95. The van der Waals surface area contributed by atoms with E-state index < -0.39 is 0 Å². The molecule has 136 valence electrons. The summed E-state index contributed by atoms with van der Waals surface area (Å²) in [5.74, 6) is 1.70. The van der Waals surface area contributed by atoms with E-state index in [9.17, 15) is 0 Å². The highest BCUT2D eigenvalue weighted by Crippen LogP contribution is 2.20. The third-order valence-corrected chi connectivity index (χ3v) is 4.28. The van der Waals surface area contributed by atoms with E-state index in [-0.39, 0.29) is 0 Å². The van der Waals surface area contributed by atoms with Crippen molar-refractivity contribution in [2.75, 3.05) is 19.7 Å². The Morgan fingerprint density at radius 2 is 2.12 bits per heavy atom. The van der Waals surface area contributed by atoms with Gasteiger partial charge in [0.15, 0.2) is 11.8 Å². The van der Waals surface area contributed by atoms with Gasteiger partial charge in [-0.3, -0.25) is 0 Å². The van der Waals surface area contributed by atoms with Crippen LogP contribution >= 0.6 is 0 Å². The lowest BCUT2D eigenvalue weighted by atomic mass is 9.98. The summed E-state index contributed by atoms with van der Waals surface area (Å²) in [6.07, 6.45) is 9.70. The summed E-state index contributed by atoms with van der Waals surface area (Å²) >= 11 is 0. The van der Waals surface area contributed by atoms with Crippen molar-refractivity contribution in [3.05, 3.63) is 12.2 Å². The van der Waals surface area contributed by atoms with Crippen LogP contribution < -0.4 is 10.6 Å². The van der Waals surface area contributed by atoms with E-state index >= 15 is 0 Å². The number of ether oxygens (including phenoxy) is 1. The Morgan fingerprint density at radius 3 is 2.88 bits per heavy atom. The smallest absolute Gasteiger partial charge is 0.191 e. The Bertz CT molecular complexity index is 481. The van der Waals surface area contributed by atoms with E-state index in [1.54, 1.807) is 6.33 Å². The molecule has 2 N–H and O–H groups in total. The molecule has 7 nitrogen and oxygen atoms in total. The molecule has 1 aliphatic rings. The molecular formula is C17H32N6O. The third kappa shape index (κ3) is 6.47. The number of aryl methyl sites for hydroxylation is 1. The molecule has 0 aliphatic heterocycles. The molecule has 0 bridgehead atoms. The fraction of sp³-hybridized carbons (Fsp3) is 0.824. The number of rotatable bonds is 9. The normalized spacial score (nSPS) is 16.3. The lowest BCUT2D eigenvalue weighted by molar-refractivity contribution is 0.0277. The molecule has 7 heteroatoms. The van der Waals surface area contributed by atoms with Crippen LogP contribution in [0.2, 0.25) is 0 Å². The van der Waals surface area contributed by atoms with Crippen LogP contribution in [0.1, 0.15) is 58.2 Å².